The van der Waals surface area contributed by atoms with E-state index in [0.29, 0.717) is 22.6 Å². The van der Waals surface area contributed by atoms with Crippen molar-refractivity contribution >= 4 is 17.3 Å². The molecule has 16 heavy (non-hydrogen) atoms. The van der Waals surface area contributed by atoms with Crippen LogP contribution in [0, 0.1) is 0 Å². The SMILES string of the molecule is Nc1cccc(-c2nnnn2C2CC2)c1Cl. The predicted molar refractivity (Wildman–Crippen MR) is 60.9 cm³/mol. The van der Waals surface area contributed by atoms with Gasteiger partial charge in [-0.3, -0.25) is 0 Å². The molecule has 1 saturated carbocycles. The summed E-state index contributed by atoms with van der Waals surface area (Å²) in [6.07, 6.45) is 2.25. The van der Waals surface area contributed by atoms with Crippen LogP contribution in [0.5, 0.6) is 0 Å². The van der Waals surface area contributed by atoms with Gasteiger partial charge in [-0.05, 0) is 35.4 Å². The van der Waals surface area contributed by atoms with Gasteiger partial charge in [-0.25, -0.2) is 4.68 Å². The van der Waals surface area contributed by atoms with Crippen molar-refractivity contribution in [2.75, 3.05) is 5.73 Å². The fraction of sp³-hybridized carbons (Fsp3) is 0.300. The number of nitrogens with two attached hydrogens (primary N) is 1. The first kappa shape index (κ1) is 9.59. The number of benzene rings is 1. The minimum Gasteiger partial charge on any atom is -0.398 e. The summed E-state index contributed by atoms with van der Waals surface area (Å²) >= 11 is 6.15. The second-order valence-electron chi connectivity index (χ2n) is 3.89. The van der Waals surface area contributed by atoms with Crippen LogP contribution in [0.15, 0.2) is 18.2 Å². The Balaban J connectivity index is 2.14. The van der Waals surface area contributed by atoms with Crippen molar-refractivity contribution in [2.24, 2.45) is 0 Å². The zero-order chi connectivity index (χ0) is 11.1. The molecule has 82 valence electrons. The molecule has 0 saturated heterocycles. The van der Waals surface area contributed by atoms with Crippen LogP contribution < -0.4 is 5.73 Å². The van der Waals surface area contributed by atoms with E-state index in [1.54, 1.807) is 6.07 Å². The Labute approximate surface area is 97.2 Å². The molecule has 6 heteroatoms. The van der Waals surface area contributed by atoms with Crippen LogP contribution in [0.25, 0.3) is 11.4 Å². The summed E-state index contributed by atoms with van der Waals surface area (Å²) in [6.45, 7) is 0. The minimum absolute atomic E-state index is 0.419. The lowest BCUT2D eigenvalue weighted by Gasteiger charge is -2.06. The number of rotatable bonds is 2. The van der Waals surface area contributed by atoms with E-state index in [1.165, 1.54) is 0 Å². The Morgan fingerprint density at radius 3 is 2.94 bits per heavy atom. The van der Waals surface area contributed by atoms with Gasteiger partial charge in [0, 0.05) is 5.56 Å². The van der Waals surface area contributed by atoms with Crippen LogP contribution in [0.4, 0.5) is 5.69 Å². The summed E-state index contributed by atoms with van der Waals surface area (Å²) in [4.78, 5) is 0. The molecule has 2 aromatic rings. The zero-order valence-corrected chi connectivity index (χ0v) is 9.22. The number of anilines is 1. The summed E-state index contributed by atoms with van der Waals surface area (Å²) in [5.41, 5.74) is 7.09. The summed E-state index contributed by atoms with van der Waals surface area (Å²) < 4.78 is 1.82. The average molecular weight is 236 g/mol. The molecule has 1 aromatic carbocycles. The standard InChI is InChI=1S/C10H10ClN5/c11-9-7(2-1-3-8(9)12)10-13-14-15-16(10)6-4-5-6/h1-3,6H,4-5,12H2. The summed E-state index contributed by atoms with van der Waals surface area (Å²) in [7, 11) is 0. The van der Waals surface area contributed by atoms with Crippen molar-refractivity contribution in [3.63, 3.8) is 0 Å². The van der Waals surface area contributed by atoms with E-state index in [9.17, 15) is 0 Å². The highest BCUT2D eigenvalue weighted by atomic mass is 35.5. The van der Waals surface area contributed by atoms with Gasteiger partial charge in [0.1, 0.15) is 0 Å². The van der Waals surface area contributed by atoms with Gasteiger partial charge in [0.15, 0.2) is 5.82 Å². The quantitative estimate of drug-likeness (QED) is 0.808. The number of halogens is 1. The number of tetrazole rings is 1. The number of nitrogen functional groups attached to an aromatic ring is 1. The lowest BCUT2D eigenvalue weighted by atomic mass is 10.2. The maximum atomic E-state index is 6.15. The molecule has 3 rings (SSSR count). The second-order valence-corrected chi connectivity index (χ2v) is 4.26. The molecule has 0 bridgehead atoms. The predicted octanol–water partition coefficient (Wildman–Crippen LogP) is 1.91. The van der Waals surface area contributed by atoms with Gasteiger partial charge in [-0.1, -0.05) is 17.7 Å². The Morgan fingerprint density at radius 1 is 1.38 bits per heavy atom. The molecule has 1 fully saturated rings. The van der Waals surface area contributed by atoms with Crippen molar-refractivity contribution in [3.05, 3.63) is 23.2 Å². The van der Waals surface area contributed by atoms with Crippen molar-refractivity contribution in [1.29, 1.82) is 0 Å². The Bertz CT molecular complexity index is 532. The Morgan fingerprint density at radius 2 is 2.19 bits per heavy atom. The fourth-order valence-electron chi connectivity index (χ4n) is 1.66. The Kier molecular flexibility index (Phi) is 2.07. The molecule has 0 spiro atoms. The van der Waals surface area contributed by atoms with Gasteiger partial charge >= 0.3 is 0 Å². The molecule has 2 N–H and O–H groups in total. The molecule has 0 unspecified atom stereocenters. The number of aromatic nitrogens is 4. The molecule has 1 heterocycles. The second kappa shape index (κ2) is 3.45. The van der Waals surface area contributed by atoms with Gasteiger partial charge in [0.25, 0.3) is 0 Å². The maximum Gasteiger partial charge on any atom is 0.183 e. The summed E-state index contributed by atoms with van der Waals surface area (Å²) in [5, 5.41) is 12.2. The van der Waals surface area contributed by atoms with E-state index in [-0.39, 0.29) is 0 Å². The third-order valence-electron chi connectivity index (χ3n) is 2.66. The average Bonchev–Trinajstić information content (AvgIpc) is 3.01. The maximum absolute atomic E-state index is 6.15. The third kappa shape index (κ3) is 1.44. The highest BCUT2D eigenvalue weighted by molar-refractivity contribution is 6.35. The largest absolute Gasteiger partial charge is 0.398 e. The summed E-state index contributed by atoms with van der Waals surface area (Å²) in [6, 6.07) is 5.91. The normalized spacial score (nSPS) is 15.3. The topological polar surface area (TPSA) is 69.6 Å². The Hall–Kier alpha value is -1.62. The van der Waals surface area contributed by atoms with Crippen LogP contribution in [-0.2, 0) is 0 Å². The molecular formula is C10H10ClN5. The molecule has 0 amide bonds. The zero-order valence-electron chi connectivity index (χ0n) is 8.47. The van der Waals surface area contributed by atoms with Crippen molar-refractivity contribution in [3.8, 4) is 11.4 Å². The molecule has 1 aromatic heterocycles. The van der Waals surface area contributed by atoms with Crippen LogP contribution in [0.3, 0.4) is 0 Å². The van der Waals surface area contributed by atoms with Crippen LogP contribution in [-0.4, -0.2) is 20.2 Å². The number of nitrogens with zero attached hydrogens (tertiary/aromatic N) is 4. The molecule has 0 aliphatic heterocycles. The van der Waals surface area contributed by atoms with Gasteiger partial charge in [-0.2, -0.15) is 0 Å². The molecule has 1 aliphatic rings. The van der Waals surface area contributed by atoms with Gasteiger partial charge in [0.05, 0.1) is 16.8 Å². The lowest BCUT2D eigenvalue weighted by Crippen LogP contribution is -2.00. The van der Waals surface area contributed by atoms with Crippen LogP contribution in [0.2, 0.25) is 5.02 Å². The van der Waals surface area contributed by atoms with E-state index in [4.69, 9.17) is 17.3 Å². The van der Waals surface area contributed by atoms with E-state index in [1.807, 2.05) is 16.8 Å². The van der Waals surface area contributed by atoms with Crippen molar-refractivity contribution in [1.82, 2.24) is 20.2 Å². The molecular weight excluding hydrogens is 226 g/mol. The monoisotopic (exact) mass is 235 g/mol. The first-order valence-electron chi connectivity index (χ1n) is 5.09. The van der Waals surface area contributed by atoms with Crippen LogP contribution >= 0.6 is 11.6 Å². The highest BCUT2D eigenvalue weighted by Gasteiger charge is 2.28. The van der Waals surface area contributed by atoms with Gasteiger partial charge < -0.3 is 5.73 Å². The first-order chi connectivity index (χ1) is 7.77. The molecule has 1 aliphatic carbocycles. The van der Waals surface area contributed by atoms with Crippen molar-refractivity contribution in [2.45, 2.75) is 18.9 Å². The fourth-order valence-corrected chi connectivity index (χ4v) is 1.87. The molecule has 5 nitrogen and oxygen atoms in total. The van der Waals surface area contributed by atoms with Gasteiger partial charge in [-0.15, -0.1) is 5.10 Å². The highest BCUT2D eigenvalue weighted by Crippen LogP contribution is 2.38. The van der Waals surface area contributed by atoms with E-state index < -0.39 is 0 Å². The van der Waals surface area contributed by atoms with E-state index >= 15 is 0 Å². The smallest absolute Gasteiger partial charge is 0.183 e. The van der Waals surface area contributed by atoms with E-state index in [2.05, 4.69) is 15.5 Å². The van der Waals surface area contributed by atoms with Crippen molar-refractivity contribution < 1.29 is 0 Å². The molecule has 0 atom stereocenters. The van der Waals surface area contributed by atoms with Gasteiger partial charge in [0.2, 0.25) is 0 Å². The summed E-state index contributed by atoms with van der Waals surface area (Å²) in [5.74, 6) is 0.694. The number of hydrogen-bond acceptors (Lipinski definition) is 4. The van der Waals surface area contributed by atoms with E-state index in [0.717, 1.165) is 18.4 Å². The third-order valence-corrected chi connectivity index (χ3v) is 3.08. The number of hydrogen-bond donors (Lipinski definition) is 1. The lowest BCUT2D eigenvalue weighted by molar-refractivity contribution is 0.615. The van der Waals surface area contributed by atoms with Crippen LogP contribution in [0.1, 0.15) is 18.9 Å². The molecule has 0 radical (unpaired) electrons. The minimum atomic E-state index is 0.419. The first-order valence-corrected chi connectivity index (χ1v) is 5.47.